The van der Waals surface area contributed by atoms with Crippen LogP contribution in [0.2, 0.25) is 0 Å². The van der Waals surface area contributed by atoms with E-state index in [0.29, 0.717) is 11.3 Å². The summed E-state index contributed by atoms with van der Waals surface area (Å²) in [6, 6.07) is 19.2. The number of aromatic carboxylic acids is 1. The predicted octanol–water partition coefficient (Wildman–Crippen LogP) is 5.77. The van der Waals surface area contributed by atoms with Crippen LogP contribution in [0.25, 0.3) is 0 Å². The fraction of sp³-hybridized carbons (Fsp3) is 0.208. The van der Waals surface area contributed by atoms with Gasteiger partial charge in [0, 0.05) is 11.4 Å². The van der Waals surface area contributed by atoms with Crippen molar-refractivity contribution in [3.8, 4) is 11.5 Å². The normalized spacial score (nSPS) is 11.5. The zero-order valence-corrected chi connectivity index (χ0v) is 19.7. The van der Waals surface area contributed by atoms with E-state index in [4.69, 9.17) is 4.74 Å². The number of ether oxygens (including phenoxy) is 1. The van der Waals surface area contributed by atoms with Gasteiger partial charge in [0.2, 0.25) is 0 Å². The Morgan fingerprint density at radius 3 is 2.09 bits per heavy atom. The molecule has 0 atom stereocenters. The Labute approximate surface area is 193 Å². The largest absolute Gasteiger partial charge is 0.478 e. The molecular formula is C24H25NO5S2. The number of sulfonamides is 1. The molecule has 0 aromatic heterocycles. The third-order valence-corrected chi connectivity index (χ3v) is 8.26. The quantitative estimate of drug-likeness (QED) is 0.399. The Balaban J connectivity index is 1.76. The second-order valence-electron chi connectivity index (χ2n) is 7.07. The van der Waals surface area contributed by atoms with Gasteiger partial charge in [-0.25, -0.2) is 13.2 Å². The molecule has 6 nitrogen and oxygen atoms in total. The lowest BCUT2D eigenvalue weighted by Gasteiger charge is -2.20. The van der Waals surface area contributed by atoms with Crippen LogP contribution in [0.4, 0.5) is 0 Å². The van der Waals surface area contributed by atoms with Gasteiger partial charge < -0.3 is 9.84 Å². The van der Waals surface area contributed by atoms with E-state index >= 15 is 0 Å². The van der Waals surface area contributed by atoms with Crippen LogP contribution >= 0.6 is 11.9 Å². The van der Waals surface area contributed by atoms with Crippen LogP contribution < -0.4 is 4.74 Å². The third-order valence-electron chi connectivity index (χ3n) is 4.86. The Bertz CT molecular complexity index is 1190. The summed E-state index contributed by atoms with van der Waals surface area (Å²) < 4.78 is 33.3. The molecule has 0 spiro atoms. The van der Waals surface area contributed by atoms with Crippen LogP contribution in [0.1, 0.15) is 35.3 Å². The van der Waals surface area contributed by atoms with Gasteiger partial charge in [0.15, 0.2) is 0 Å². The standard InChI is InChI=1S/C24H25NO5S2/c1-4-18-7-9-19(10-8-18)30-20-11-13-21(14-12-20)31-25(5-2)32(28,29)22-15-6-17(3)23(16-22)24(26)27/h6-16H,4-5H2,1-3H3,(H,26,27). The van der Waals surface area contributed by atoms with Crippen molar-refractivity contribution in [2.45, 2.75) is 37.0 Å². The van der Waals surface area contributed by atoms with Crippen molar-refractivity contribution < 1.29 is 23.1 Å². The second kappa shape index (κ2) is 10.2. The average molecular weight is 472 g/mol. The molecule has 3 aromatic carbocycles. The van der Waals surface area contributed by atoms with Crippen molar-refractivity contribution in [3.05, 3.63) is 83.4 Å². The maximum absolute atomic E-state index is 13.1. The molecule has 0 aliphatic carbocycles. The van der Waals surface area contributed by atoms with Crippen LogP contribution in [0.15, 0.2) is 76.5 Å². The maximum Gasteiger partial charge on any atom is 0.335 e. The molecule has 8 heteroatoms. The Morgan fingerprint density at radius 2 is 1.56 bits per heavy atom. The Kier molecular flexibility index (Phi) is 7.60. The molecule has 0 aliphatic heterocycles. The van der Waals surface area contributed by atoms with E-state index in [1.165, 1.54) is 27.5 Å². The number of nitrogens with zero attached hydrogens (tertiary/aromatic N) is 1. The first-order chi connectivity index (χ1) is 15.2. The maximum atomic E-state index is 13.1. The molecule has 0 saturated carbocycles. The lowest BCUT2D eigenvalue weighted by molar-refractivity contribution is 0.0696. The molecule has 0 aliphatic rings. The van der Waals surface area contributed by atoms with Crippen LogP contribution in [0.3, 0.4) is 0 Å². The van der Waals surface area contributed by atoms with Crippen LogP contribution in [-0.4, -0.2) is 29.7 Å². The summed E-state index contributed by atoms with van der Waals surface area (Å²) in [5.41, 5.74) is 1.71. The first-order valence-electron chi connectivity index (χ1n) is 10.2. The highest BCUT2D eigenvalue weighted by atomic mass is 32.3. The first kappa shape index (κ1) is 23.8. The molecule has 1 N–H and O–H groups in total. The summed E-state index contributed by atoms with van der Waals surface area (Å²) in [6.45, 7) is 5.67. The van der Waals surface area contributed by atoms with Crippen molar-refractivity contribution in [2.75, 3.05) is 6.54 Å². The molecule has 32 heavy (non-hydrogen) atoms. The number of aryl methyl sites for hydroxylation is 2. The summed E-state index contributed by atoms with van der Waals surface area (Å²) in [7, 11) is -3.89. The SMILES string of the molecule is CCc1ccc(Oc2ccc(SN(CC)S(=O)(=O)c3ccc(C)c(C(=O)O)c3)cc2)cc1. The monoisotopic (exact) mass is 471 g/mol. The summed E-state index contributed by atoms with van der Waals surface area (Å²) in [4.78, 5) is 12.1. The van der Waals surface area contributed by atoms with Gasteiger partial charge in [-0.05, 0) is 85.0 Å². The highest BCUT2D eigenvalue weighted by Crippen LogP contribution is 2.32. The minimum absolute atomic E-state index is 0.0272. The Morgan fingerprint density at radius 1 is 0.969 bits per heavy atom. The summed E-state index contributed by atoms with van der Waals surface area (Å²) in [6.07, 6.45) is 0.962. The number of carboxylic acids is 1. The molecule has 0 amide bonds. The van der Waals surface area contributed by atoms with Gasteiger partial charge in [0.05, 0.1) is 10.5 Å². The zero-order chi connectivity index (χ0) is 23.3. The molecule has 0 heterocycles. The van der Waals surface area contributed by atoms with Gasteiger partial charge in [0.25, 0.3) is 10.0 Å². The topological polar surface area (TPSA) is 83.9 Å². The summed E-state index contributed by atoms with van der Waals surface area (Å²) >= 11 is 1.07. The molecule has 168 valence electrons. The van der Waals surface area contributed by atoms with Crippen molar-refractivity contribution in [2.24, 2.45) is 0 Å². The molecule has 3 rings (SSSR count). The van der Waals surface area contributed by atoms with Crippen molar-refractivity contribution in [1.29, 1.82) is 0 Å². The van der Waals surface area contributed by atoms with Gasteiger partial charge in [-0.2, -0.15) is 0 Å². The smallest absolute Gasteiger partial charge is 0.335 e. The fourth-order valence-corrected chi connectivity index (χ4v) is 5.62. The Hall–Kier alpha value is -2.81. The van der Waals surface area contributed by atoms with Crippen molar-refractivity contribution in [1.82, 2.24) is 3.71 Å². The molecule has 0 fully saturated rings. The molecule has 0 unspecified atom stereocenters. The molecular weight excluding hydrogens is 446 g/mol. The van der Waals surface area contributed by atoms with E-state index < -0.39 is 16.0 Å². The van der Waals surface area contributed by atoms with Gasteiger partial charge in [-0.15, -0.1) is 3.71 Å². The molecule has 0 bridgehead atoms. The third kappa shape index (κ3) is 5.51. The van der Waals surface area contributed by atoms with Crippen LogP contribution in [-0.2, 0) is 16.4 Å². The van der Waals surface area contributed by atoms with Crippen LogP contribution in [0, 0.1) is 6.92 Å². The first-order valence-corrected chi connectivity index (χ1v) is 12.4. The van der Waals surface area contributed by atoms with Crippen LogP contribution in [0.5, 0.6) is 11.5 Å². The predicted molar refractivity (Wildman–Crippen MR) is 126 cm³/mol. The van der Waals surface area contributed by atoms with Gasteiger partial charge in [-0.1, -0.05) is 32.0 Å². The van der Waals surface area contributed by atoms with Crippen molar-refractivity contribution in [3.63, 3.8) is 0 Å². The second-order valence-corrected chi connectivity index (χ2v) is 10.3. The minimum atomic E-state index is -3.89. The highest BCUT2D eigenvalue weighted by Gasteiger charge is 2.26. The minimum Gasteiger partial charge on any atom is -0.478 e. The van der Waals surface area contributed by atoms with Crippen molar-refractivity contribution >= 4 is 27.9 Å². The molecule has 0 radical (unpaired) electrons. The molecule has 0 saturated heterocycles. The lowest BCUT2D eigenvalue weighted by atomic mass is 10.1. The number of carbonyl (C=O) groups is 1. The number of hydrogen-bond acceptors (Lipinski definition) is 5. The number of hydrogen-bond donors (Lipinski definition) is 1. The number of benzene rings is 3. The zero-order valence-electron chi connectivity index (χ0n) is 18.1. The van der Waals surface area contributed by atoms with E-state index in [-0.39, 0.29) is 17.0 Å². The fourth-order valence-electron chi connectivity index (χ4n) is 3.01. The van der Waals surface area contributed by atoms with E-state index in [0.717, 1.165) is 29.0 Å². The summed E-state index contributed by atoms with van der Waals surface area (Å²) in [5.74, 6) is 0.221. The van der Waals surface area contributed by atoms with E-state index in [1.807, 2.05) is 24.3 Å². The highest BCUT2D eigenvalue weighted by molar-refractivity contribution is 8.08. The summed E-state index contributed by atoms with van der Waals surface area (Å²) in [5, 5.41) is 9.32. The number of carboxylic acid groups (broad SMARTS) is 1. The number of rotatable bonds is 9. The van der Waals surface area contributed by atoms with E-state index in [2.05, 4.69) is 6.92 Å². The van der Waals surface area contributed by atoms with Gasteiger partial charge in [0.1, 0.15) is 11.5 Å². The van der Waals surface area contributed by atoms with Gasteiger partial charge in [-0.3, -0.25) is 0 Å². The lowest BCUT2D eigenvalue weighted by Crippen LogP contribution is -2.24. The van der Waals surface area contributed by atoms with E-state index in [1.54, 1.807) is 38.1 Å². The molecule has 3 aromatic rings. The van der Waals surface area contributed by atoms with E-state index in [9.17, 15) is 18.3 Å². The van der Waals surface area contributed by atoms with Gasteiger partial charge >= 0.3 is 5.97 Å². The average Bonchev–Trinajstić information content (AvgIpc) is 2.78.